The molecule has 0 heterocycles. The Bertz CT molecular complexity index is 1380. The topological polar surface area (TPSA) is 237 Å². The number of aryl methyl sites for hydroxylation is 1. The second-order valence-corrected chi connectivity index (χ2v) is 12.4. The minimum atomic E-state index is -1.34. The van der Waals surface area contributed by atoms with Gasteiger partial charge in [-0.25, -0.2) is 4.79 Å². The van der Waals surface area contributed by atoms with Crippen LogP contribution in [0.25, 0.3) is 0 Å². The summed E-state index contributed by atoms with van der Waals surface area (Å²) >= 11 is 0. The van der Waals surface area contributed by atoms with Crippen LogP contribution in [0, 0.1) is 18.3 Å². The number of aliphatic carboxylic acids is 1. The van der Waals surface area contributed by atoms with Gasteiger partial charge in [0.25, 0.3) is 0 Å². The molecule has 4 atom stereocenters. The van der Waals surface area contributed by atoms with Gasteiger partial charge in [0.2, 0.25) is 11.8 Å². The highest BCUT2D eigenvalue weighted by atomic mass is 16.6. The minimum Gasteiger partial charge on any atom is -0.504 e. The van der Waals surface area contributed by atoms with Crippen LogP contribution in [-0.2, 0) is 24.5 Å². The molecule has 0 aromatic heterocycles. The number of ether oxygens (including phenoxy) is 2. The Kier molecular flexibility index (Phi) is 12.5. The van der Waals surface area contributed by atoms with Crippen molar-refractivity contribution < 1.29 is 44.0 Å². The zero-order valence-electron chi connectivity index (χ0n) is 27.5. The number of hydrogen-bond acceptors (Lipinski definition) is 9. The zero-order chi connectivity index (χ0) is 34.9. The summed E-state index contributed by atoms with van der Waals surface area (Å²) in [5.41, 5.74) is 4.53. The van der Waals surface area contributed by atoms with Gasteiger partial charge in [-0.1, -0.05) is 19.4 Å². The number of nitrogens with two attached hydrogens (primary N) is 1. The molecule has 0 aliphatic heterocycles. The summed E-state index contributed by atoms with van der Waals surface area (Å²) in [6.45, 7) is 4.21. The first-order chi connectivity index (χ1) is 22.1. The van der Waals surface area contributed by atoms with Crippen LogP contribution in [-0.4, -0.2) is 95.5 Å². The fraction of sp³-hybridized carbons (Fsp3) is 0.594. The maximum absolute atomic E-state index is 13.1. The molecule has 1 saturated carbocycles. The third-order valence-corrected chi connectivity index (χ3v) is 9.27. The molecule has 2 aliphatic rings. The average molecular weight is 661 g/mol. The Balaban J connectivity index is 1.67. The Hall–Kier alpha value is -4.53. The number of allylic oxidation sites excluding steroid dienone is 1. The van der Waals surface area contributed by atoms with E-state index in [-0.39, 0.29) is 56.5 Å². The summed E-state index contributed by atoms with van der Waals surface area (Å²) in [5.74, 6) is -2.42. The lowest BCUT2D eigenvalue weighted by molar-refractivity contribution is -0.141. The maximum atomic E-state index is 13.1. The number of aliphatic hydroxyl groups is 1. The molecule has 1 aromatic carbocycles. The van der Waals surface area contributed by atoms with Gasteiger partial charge in [-0.3, -0.25) is 19.8 Å². The first-order valence-corrected chi connectivity index (χ1v) is 15.7. The van der Waals surface area contributed by atoms with Crippen molar-refractivity contribution in [1.82, 2.24) is 20.9 Å². The smallest absolute Gasteiger partial charge is 0.414 e. The predicted octanol–water partition coefficient (Wildman–Crippen LogP) is 1.58. The van der Waals surface area contributed by atoms with Crippen molar-refractivity contribution >= 4 is 29.8 Å². The van der Waals surface area contributed by atoms with Gasteiger partial charge in [0.1, 0.15) is 18.2 Å². The summed E-state index contributed by atoms with van der Waals surface area (Å²) in [6.07, 6.45) is 3.37. The molecule has 15 heteroatoms. The van der Waals surface area contributed by atoms with Crippen molar-refractivity contribution in [2.24, 2.45) is 11.7 Å². The molecule has 0 radical (unpaired) electrons. The third-order valence-electron chi connectivity index (χ3n) is 9.27. The van der Waals surface area contributed by atoms with Crippen molar-refractivity contribution in [2.45, 2.75) is 82.3 Å². The van der Waals surface area contributed by atoms with Crippen LogP contribution < -0.4 is 26.4 Å². The molecule has 0 unspecified atom stereocenters. The molecular formula is C32H48N6O9. The lowest BCUT2D eigenvalue weighted by Crippen LogP contribution is -2.60. The number of nitrogens with one attached hydrogen (secondary N) is 4. The molecule has 15 nitrogen and oxygen atoms in total. The lowest BCUT2D eigenvalue weighted by Gasteiger charge is -2.56. The minimum absolute atomic E-state index is 0.0125. The fourth-order valence-corrected chi connectivity index (χ4v) is 6.80. The number of carboxylic acid groups (broad SMARTS) is 1. The number of carbonyl (C=O) groups excluding carboxylic acids is 3. The Morgan fingerprint density at radius 3 is 2.60 bits per heavy atom. The number of amides is 3. The van der Waals surface area contributed by atoms with E-state index in [2.05, 4.69) is 16.0 Å². The number of fused-ring (bicyclic) bond motifs is 1. The maximum Gasteiger partial charge on any atom is 0.414 e. The summed E-state index contributed by atoms with van der Waals surface area (Å²) in [6, 6.07) is 2.49. The molecule has 0 spiro atoms. The van der Waals surface area contributed by atoms with Gasteiger partial charge >= 0.3 is 12.1 Å². The second kappa shape index (κ2) is 15.8. The van der Waals surface area contributed by atoms with Gasteiger partial charge in [-0.2, -0.15) is 0 Å². The number of carboxylic acids is 1. The number of methoxy groups -OCH3 is 1. The van der Waals surface area contributed by atoms with E-state index in [9.17, 15) is 29.4 Å². The van der Waals surface area contributed by atoms with E-state index < -0.39 is 47.4 Å². The number of rotatable bonds is 14. The molecule has 1 aromatic rings. The first-order valence-electron chi connectivity index (χ1n) is 15.7. The Morgan fingerprint density at radius 2 is 1.94 bits per heavy atom. The van der Waals surface area contributed by atoms with Crippen LogP contribution in [0.15, 0.2) is 24.0 Å². The predicted molar refractivity (Wildman–Crippen MR) is 172 cm³/mol. The van der Waals surface area contributed by atoms with E-state index in [1.54, 1.807) is 12.1 Å². The SMILES string of the molecule is COc1ccc(C)c([C@@]23CCC[C@@H](C)[C@@]2(O)CC=C(OC(=O)N(C)CCNC(=O)[C@H](CCCNC(=N)N)NC(=O)CC(=O)O)C3)c1O. The Labute approximate surface area is 274 Å². The largest absolute Gasteiger partial charge is 0.504 e. The summed E-state index contributed by atoms with van der Waals surface area (Å²) < 4.78 is 11.2. The fourth-order valence-electron chi connectivity index (χ4n) is 6.80. The van der Waals surface area contributed by atoms with Crippen LogP contribution in [0.3, 0.4) is 0 Å². The van der Waals surface area contributed by atoms with Gasteiger partial charge in [-0.15, -0.1) is 0 Å². The number of hydrogen-bond donors (Lipinski definition) is 8. The monoisotopic (exact) mass is 660 g/mol. The molecular weight excluding hydrogens is 612 g/mol. The highest BCUT2D eigenvalue weighted by Gasteiger charge is 2.59. The van der Waals surface area contributed by atoms with Gasteiger partial charge in [-0.05, 0) is 62.7 Å². The third kappa shape index (κ3) is 8.64. The summed E-state index contributed by atoms with van der Waals surface area (Å²) in [5, 5.41) is 47.2. The first kappa shape index (κ1) is 36.9. The molecule has 1 fully saturated rings. The van der Waals surface area contributed by atoms with E-state index in [0.29, 0.717) is 29.9 Å². The normalized spacial score (nSPS) is 22.5. The lowest BCUT2D eigenvalue weighted by atomic mass is 9.51. The molecule has 0 saturated heterocycles. The van der Waals surface area contributed by atoms with Gasteiger partial charge in [0, 0.05) is 44.1 Å². The molecule has 9 N–H and O–H groups in total. The molecule has 2 aliphatic carbocycles. The number of phenolic OH excluding ortho intramolecular Hbond substituents is 1. The number of nitrogens with zero attached hydrogens (tertiary/aromatic N) is 1. The molecule has 0 bridgehead atoms. The van der Waals surface area contributed by atoms with Crippen LogP contribution in [0.5, 0.6) is 11.5 Å². The van der Waals surface area contributed by atoms with Crippen molar-refractivity contribution in [3.8, 4) is 11.5 Å². The number of phenols is 1. The molecule has 47 heavy (non-hydrogen) atoms. The molecule has 260 valence electrons. The van der Waals surface area contributed by atoms with E-state index in [1.165, 1.54) is 19.1 Å². The number of likely N-dealkylation sites (N-methyl/N-ethyl adjacent to an activating group) is 1. The number of carbonyl (C=O) groups is 4. The molecule has 3 rings (SSSR count). The Morgan fingerprint density at radius 1 is 1.21 bits per heavy atom. The van der Waals surface area contributed by atoms with Crippen molar-refractivity contribution in [3.63, 3.8) is 0 Å². The van der Waals surface area contributed by atoms with Crippen LogP contribution in [0.1, 0.15) is 69.4 Å². The quantitative estimate of drug-likeness (QED) is 0.0617. The highest BCUT2D eigenvalue weighted by molar-refractivity contribution is 5.96. The second-order valence-electron chi connectivity index (χ2n) is 12.4. The van der Waals surface area contributed by atoms with E-state index in [1.807, 2.05) is 19.9 Å². The van der Waals surface area contributed by atoms with Crippen molar-refractivity contribution in [1.29, 1.82) is 5.41 Å². The summed E-state index contributed by atoms with van der Waals surface area (Å²) in [4.78, 5) is 50.2. The molecule has 3 amide bonds. The van der Waals surface area contributed by atoms with E-state index >= 15 is 0 Å². The van der Waals surface area contributed by atoms with Crippen LogP contribution >= 0.6 is 0 Å². The van der Waals surface area contributed by atoms with Crippen LogP contribution in [0.4, 0.5) is 4.79 Å². The highest BCUT2D eigenvalue weighted by Crippen LogP contribution is 2.59. The van der Waals surface area contributed by atoms with Crippen LogP contribution in [0.2, 0.25) is 0 Å². The number of benzene rings is 1. The summed E-state index contributed by atoms with van der Waals surface area (Å²) in [7, 11) is 2.97. The average Bonchev–Trinajstić information content (AvgIpc) is 2.99. The van der Waals surface area contributed by atoms with E-state index in [0.717, 1.165) is 18.4 Å². The zero-order valence-corrected chi connectivity index (χ0v) is 27.5. The number of guanidine groups is 1. The van der Waals surface area contributed by atoms with Gasteiger partial charge < -0.3 is 51.4 Å². The van der Waals surface area contributed by atoms with Crippen molar-refractivity contribution in [2.75, 3.05) is 33.8 Å². The van der Waals surface area contributed by atoms with Crippen molar-refractivity contribution in [3.05, 3.63) is 35.1 Å². The van der Waals surface area contributed by atoms with Gasteiger partial charge in [0.05, 0.1) is 12.7 Å². The van der Waals surface area contributed by atoms with Gasteiger partial charge in [0.15, 0.2) is 17.5 Å². The van der Waals surface area contributed by atoms with E-state index in [4.69, 9.17) is 25.7 Å². The standard InChI is InChI=1S/C32H48N6O9/c1-19-9-10-23(46-4)27(42)26(19)31-12-5-7-20(2)32(31,45)13-11-21(18-31)47-30(44)38(3)16-15-35-28(43)22(8-6-14-36-29(33)34)37-24(39)17-25(40)41/h9-11,20,22,42,45H,5-8,12-18H2,1-4H3,(H,35,43)(H,37,39)(H,40,41)(H4,33,34,36)/t20-,22+,31+,32+/m1/s1. The number of aromatic hydroxyl groups is 1.